The zero-order valence-electron chi connectivity index (χ0n) is 11.8. The molecule has 21 heavy (non-hydrogen) atoms. The lowest BCUT2D eigenvalue weighted by Gasteiger charge is -2.04. The monoisotopic (exact) mass is 277 g/mol. The molecule has 4 nitrogen and oxygen atoms in total. The highest BCUT2D eigenvalue weighted by atomic mass is 16.5. The van der Waals surface area contributed by atoms with Crippen molar-refractivity contribution in [3.8, 4) is 0 Å². The predicted octanol–water partition coefficient (Wildman–Crippen LogP) is 3.79. The molecule has 0 amide bonds. The number of imidazole rings is 1. The summed E-state index contributed by atoms with van der Waals surface area (Å²) in [7, 11) is 0. The maximum Gasteiger partial charge on any atom is 0.167 e. The van der Waals surface area contributed by atoms with E-state index in [0.717, 1.165) is 34.5 Å². The van der Waals surface area contributed by atoms with Gasteiger partial charge in [0, 0.05) is 11.9 Å². The van der Waals surface area contributed by atoms with Crippen LogP contribution in [0, 0.1) is 0 Å². The fourth-order valence-electron chi connectivity index (χ4n) is 2.83. The Bertz CT molecular complexity index is 920. The van der Waals surface area contributed by atoms with Crippen LogP contribution in [0.2, 0.25) is 0 Å². The van der Waals surface area contributed by atoms with Crippen LogP contribution in [0.3, 0.4) is 0 Å². The minimum absolute atomic E-state index is 0.680. The molecular formula is C17H15N3O. The van der Waals surface area contributed by atoms with E-state index in [1.165, 1.54) is 5.52 Å². The van der Waals surface area contributed by atoms with Gasteiger partial charge in [0.25, 0.3) is 0 Å². The molecule has 0 aliphatic rings. The Morgan fingerprint density at radius 1 is 1.05 bits per heavy atom. The summed E-state index contributed by atoms with van der Waals surface area (Å²) in [6.07, 6.45) is 0.680. The van der Waals surface area contributed by atoms with Crippen LogP contribution >= 0.6 is 0 Å². The molecular weight excluding hydrogens is 262 g/mol. The van der Waals surface area contributed by atoms with E-state index in [1.807, 2.05) is 42.5 Å². The van der Waals surface area contributed by atoms with E-state index in [4.69, 9.17) is 9.51 Å². The Labute approximate surface area is 122 Å². The average molecular weight is 277 g/mol. The van der Waals surface area contributed by atoms with Crippen molar-refractivity contribution in [3.05, 3.63) is 60.0 Å². The Morgan fingerprint density at radius 2 is 1.86 bits per heavy atom. The van der Waals surface area contributed by atoms with Gasteiger partial charge in [-0.25, -0.2) is 4.98 Å². The van der Waals surface area contributed by atoms with Crippen molar-refractivity contribution in [2.45, 2.75) is 19.9 Å². The van der Waals surface area contributed by atoms with Crippen LogP contribution in [0.5, 0.6) is 0 Å². The predicted molar refractivity (Wildman–Crippen MR) is 82.2 cm³/mol. The van der Waals surface area contributed by atoms with Crippen molar-refractivity contribution in [2.75, 3.05) is 0 Å². The van der Waals surface area contributed by atoms with Crippen molar-refractivity contribution < 1.29 is 4.52 Å². The summed E-state index contributed by atoms with van der Waals surface area (Å²) in [6.45, 7) is 3.03. The molecule has 2 aromatic heterocycles. The van der Waals surface area contributed by atoms with Crippen LogP contribution in [0.4, 0.5) is 0 Å². The largest absolute Gasteiger partial charge is 0.356 e. The number of para-hydroxylation sites is 3. The minimum atomic E-state index is 0.680. The molecule has 0 aliphatic heterocycles. The molecule has 0 N–H and O–H groups in total. The fraction of sp³-hybridized carbons (Fsp3) is 0.176. The molecule has 2 aromatic carbocycles. The molecule has 4 heteroatoms. The van der Waals surface area contributed by atoms with Crippen molar-refractivity contribution in [1.29, 1.82) is 0 Å². The second-order valence-electron chi connectivity index (χ2n) is 5.06. The lowest BCUT2D eigenvalue weighted by molar-refractivity contribution is 0.447. The first-order valence-corrected chi connectivity index (χ1v) is 7.14. The van der Waals surface area contributed by atoms with Crippen LogP contribution in [-0.2, 0) is 13.0 Å². The van der Waals surface area contributed by atoms with E-state index >= 15 is 0 Å². The van der Waals surface area contributed by atoms with Gasteiger partial charge in [-0.2, -0.15) is 0 Å². The van der Waals surface area contributed by atoms with E-state index in [-0.39, 0.29) is 0 Å². The SMILES string of the molecule is CCn1c(Cc2noc3ccccc23)nc2ccccc21. The van der Waals surface area contributed by atoms with Gasteiger partial charge >= 0.3 is 0 Å². The fourth-order valence-corrected chi connectivity index (χ4v) is 2.83. The van der Waals surface area contributed by atoms with Crippen molar-refractivity contribution in [1.82, 2.24) is 14.7 Å². The molecule has 0 aliphatic carbocycles. The van der Waals surface area contributed by atoms with Gasteiger partial charge in [0.2, 0.25) is 0 Å². The average Bonchev–Trinajstić information content (AvgIpc) is 3.09. The summed E-state index contributed by atoms with van der Waals surface area (Å²) in [5, 5.41) is 5.27. The summed E-state index contributed by atoms with van der Waals surface area (Å²) in [5.41, 5.74) is 3.97. The number of hydrogen-bond acceptors (Lipinski definition) is 3. The van der Waals surface area contributed by atoms with Crippen LogP contribution < -0.4 is 0 Å². The van der Waals surface area contributed by atoms with E-state index in [0.29, 0.717) is 6.42 Å². The Hall–Kier alpha value is -2.62. The zero-order chi connectivity index (χ0) is 14.2. The van der Waals surface area contributed by atoms with Crippen molar-refractivity contribution in [3.63, 3.8) is 0 Å². The van der Waals surface area contributed by atoms with Gasteiger partial charge in [-0.3, -0.25) is 0 Å². The van der Waals surface area contributed by atoms with Crippen LogP contribution in [0.25, 0.3) is 22.0 Å². The second-order valence-corrected chi connectivity index (χ2v) is 5.06. The Kier molecular flexibility index (Phi) is 2.74. The summed E-state index contributed by atoms with van der Waals surface area (Å²) >= 11 is 0. The third kappa shape index (κ3) is 1.91. The molecule has 0 saturated heterocycles. The van der Waals surface area contributed by atoms with Crippen molar-refractivity contribution >= 4 is 22.0 Å². The van der Waals surface area contributed by atoms with Crippen LogP contribution in [0.1, 0.15) is 18.4 Å². The number of nitrogens with zero attached hydrogens (tertiary/aromatic N) is 3. The standard InChI is InChI=1S/C17H15N3O/c1-2-20-15-9-5-4-8-13(15)18-17(20)11-14-12-7-3-6-10-16(12)21-19-14/h3-10H,2,11H2,1H3. The first-order valence-electron chi connectivity index (χ1n) is 7.14. The summed E-state index contributed by atoms with van der Waals surface area (Å²) in [6, 6.07) is 16.2. The van der Waals surface area contributed by atoms with E-state index in [2.05, 4.69) is 22.7 Å². The summed E-state index contributed by atoms with van der Waals surface area (Å²) < 4.78 is 7.62. The number of benzene rings is 2. The molecule has 0 fully saturated rings. The first-order chi connectivity index (χ1) is 10.4. The van der Waals surface area contributed by atoms with Gasteiger partial charge in [-0.1, -0.05) is 29.4 Å². The third-order valence-corrected chi connectivity index (χ3v) is 3.83. The lowest BCUT2D eigenvalue weighted by Crippen LogP contribution is -2.03. The molecule has 0 atom stereocenters. The maximum atomic E-state index is 5.38. The normalized spacial score (nSPS) is 11.5. The number of aromatic nitrogens is 3. The maximum absolute atomic E-state index is 5.38. The van der Waals surface area contributed by atoms with Crippen LogP contribution in [0.15, 0.2) is 53.1 Å². The first kappa shape index (κ1) is 12.1. The molecule has 0 spiro atoms. The topological polar surface area (TPSA) is 43.9 Å². The molecule has 2 heterocycles. The van der Waals surface area contributed by atoms with Gasteiger partial charge < -0.3 is 9.09 Å². The summed E-state index contributed by atoms with van der Waals surface area (Å²) in [5.74, 6) is 1.03. The number of hydrogen-bond donors (Lipinski definition) is 0. The Balaban J connectivity index is 1.84. The number of aryl methyl sites for hydroxylation is 1. The molecule has 0 bridgehead atoms. The highest BCUT2D eigenvalue weighted by molar-refractivity contribution is 5.80. The summed E-state index contributed by atoms with van der Waals surface area (Å²) in [4.78, 5) is 4.75. The molecule has 4 aromatic rings. The van der Waals surface area contributed by atoms with Gasteiger partial charge in [-0.15, -0.1) is 0 Å². The lowest BCUT2D eigenvalue weighted by atomic mass is 10.1. The quantitative estimate of drug-likeness (QED) is 0.572. The Morgan fingerprint density at radius 3 is 2.76 bits per heavy atom. The number of fused-ring (bicyclic) bond motifs is 2. The molecule has 0 saturated carbocycles. The zero-order valence-corrected chi connectivity index (χ0v) is 11.8. The minimum Gasteiger partial charge on any atom is -0.356 e. The van der Waals surface area contributed by atoms with Gasteiger partial charge in [-0.05, 0) is 31.2 Å². The van der Waals surface area contributed by atoms with E-state index < -0.39 is 0 Å². The highest BCUT2D eigenvalue weighted by Gasteiger charge is 2.14. The third-order valence-electron chi connectivity index (χ3n) is 3.83. The van der Waals surface area contributed by atoms with E-state index in [9.17, 15) is 0 Å². The molecule has 0 unspecified atom stereocenters. The van der Waals surface area contributed by atoms with Gasteiger partial charge in [0.15, 0.2) is 5.58 Å². The van der Waals surface area contributed by atoms with E-state index in [1.54, 1.807) is 0 Å². The van der Waals surface area contributed by atoms with Gasteiger partial charge in [0.1, 0.15) is 5.82 Å². The number of rotatable bonds is 3. The van der Waals surface area contributed by atoms with Crippen LogP contribution in [-0.4, -0.2) is 14.7 Å². The van der Waals surface area contributed by atoms with Gasteiger partial charge in [0.05, 0.1) is 23.1 Å². The highest BCUT2D eigenvalue weighted by Crippen LogP contribution is 2.22. The van der Waals surface area contributed by atoms with Crippen molar-refractivity contribution in [2.24, 2.45) is 0 Å². The second kappa shape index (κ2) is 4.74. The molecule has 104 valence electrons. The molecule has 4 rings (SSSR count). The smallest absolute Gasteiger partial charge is 0.167 e. The molecule has 0 radical (unpaired) electrons.